The van der Waals surface area contributed by atoms with Crippen molar-refractivity contribution in [3.8, 4) is 12.3 Å². The van der Waals surface area contributed by atoms with Crippen LogP contribution in [0.2, 0.25) is 0 Å². The highest BCUT2D eigenvalue weighted by Gasteiger charge is 2.05. The molecule has 1 aromatic rings. The fourth-order valence-corrected chi connectivity index (χ4v) is 0.976. The van der Waals surface area contributed by atoms with E-state index in [1.807, 2.05) is 0 Å². The van der Waals surface area contributed by atoms with Crippen molar-refractivity contribution in [1.29, 1.82) is 0 Å². The highest BCUT2D eigenvalue weighted by molar-refractivity contribution is 5.95. The average molecular weight is 203 g/mol. The molecule has 0 bridgehead atoms. The topological polar surface area (TPSA) is 66.4 Å². The molecule has 0 radical (unpaired) electrons. The van der Waals surface area contributed by atoms with Crippen LogP contribution in [0, 0.1) is 12.3 Å². The Morgan fingerprint density at radius 1 is 1.33 bits per heavy atom. The minimum Gasteiger partial charge on any atom is -0.480 e. The average Bonchev–Trinajstić information content (AvgIpc) is 2.26. The first-order valence-electron chi connectivity index (χ1n) is 4.20. The van der Waals surface area contributed by atoms with Gasteiger partial charge in [-0.2, -0.15) is 0 Å². The van der Waals surface area contributed by atoms with Crippen molar-refractivity contribution < 1.29 is 14.7 Å². The van der Waals surface area contributed by atoms with Crippen LogP contribution in [0.15, 0.2) is 24.3 Å². The van der Waals surface area contributed by atoms with Gasteiger partial charge in [0.15, 0.2) is 0 Å². The molecule has 0 unspecified atom stereocenters. The lowest BCUT2D eigenvalue weighted by atomic mass is 10.1. The number of aliphatic carboxylic acids is 1. The summed E-state index contributed by atoms with van der Waals surface area (Å²) in [5, 5.41) is 10.6. The van der Waals surface area contributed by atoms with Crippen molar-refractivity contribution in [3.63, 3.8) is 0 Å². The van der Waals surface area contributed by atoms with Gasteiger partial charge in [-0.15, -0.1) is 6.42 Å². The highest BCUT2D eigenvalue weighted by atomic mass is 16.4. The molecule has 0 saturated carbocycles. The van der Waals surface area contributed by atoms with Crippen LogP contribution in [0.1, 0.15) is 15.9 Å². The van der Waals surface area contributed by atoms with Crippen molar-refractivity contribution in [2.45, 2.75) is 0 Å². The van der Waals surface area contributed by atoms with Crippen LogP contribution in [-0.2, 0) is 4.79 Å². The molecule has 0 aromatic heterocycles. The number of hydrogen-bond donors (Lipinski definition) is 2. The Morgan fingerprint density at radius 2 is 1.93 bits per heavy atom. The summed E-state index contributed by atoms with van der Waals surface area (Å²) in [5.41, 5.74) is 1.06. The molecule has 0 aliphatic heterocycles. The van der Waals surface area contributed by atoms with Crippen molar-refractivity contribution in [2.75, 3.05) is 6.54 Å². The first kappa shape index (κ1) is 10.8. The second kappa shape index (κ2) is 4.82. The third kappa shape index (κ3) is 3.16. The van der Waals surface area contributed by atoms with E-state index in [9.17, 15) is 9.59 Å². The van der Waals surface area contributed by atoms with Gasteiger partial charge < -0.3 is 10.4 Å². The Hall–Kier alpha value is -2.28. The van der Waals surface area contributed by atoms with Gasteiger partial charge in [-0.05, 0) is 24.3 Å². The SMILES string of the molecule is C#Cc1ccc(C(=O)NCC(=O)O)cc1. The third-order valence-electron chi connectivity index (χ3n) is 1.71. The third-order valence-corrected chi connectivity index (χ3v) is 1.71. The molecule has 1 rings (SSSR count). The van der Waals surface area contributed by atoms with Gasteiger partial charge in [0.25, 0.3) is 5.91 Å². The Balaban J connectivity index is 2.67. The van der Waals surface area contributed by atoms with E-state index in [4.69, 9.17) is 11.5 Å². The first-order valence-corrected chi connectivity index (χ1v) is 4.20. The van der Waals surface area contributed by atoms with E-state index in [2.05, 4.69) is 11.2 Å². The predicted molar refractivity (Wildman–Crippen MR) is 54.3 cm³/mol. The zero-order chi connectivity index (χ0) is 11.3. The number of carbonyl (C=O) groups excluding carboxylic acids is 1. The monoisotopic (exact) mass is 203 g/mol. The van der Waals surface area contributed by atoms with Crippen LogP contribution in [0.5, 0.6) is 0 Å². The zero-order valence-corrected chi connectivity index (χ0v) is 7.86. The van der Waals surface area contributed by atoms with E-state index in [1.54, 1.807) is 24.3 Å². The van der Waals surface area contributed by atoms with Crippen LogP contribution in [0.3, 0.4) is 0 Å². The molecule has 15 heavy (non-hydrogen) atoms. The molecular formula is C11H9NO3. The molecule has 0 atom stereocenters. The number of amides is 1. The summed E-state index contributed by atoms with van der Waals surface area (Å²) in [7, 11) is 0. The molecule has 0 spiro atoms. The maximum atomic E-state index is 11.3. The van der Waals surface area contributed by atoms with Gasteiger partial charge in [-0.25, -0.2) is 0 Å². The number of carboxylic acid groups (broad SMARTS) is 1. The lowest BCUT2D eigenvalue weighted by Crippen LogP contribution is -2.29. The molecule has 0 aliphatic carbocycles. The molecule has 4 nitrogen and oxygen atoms in total. The van der Waals surface area contributed by atoms with Crippen molar-refractivity contribution in [3.05, 3.63) is 35.4 Å². The van der Waals surface area contributed by atoms with Gasteiger partial charge in [0.05, 0.1) is 0 Å². The maximum Gasteiger partial charge on any atom is 0.322 e. The summed E-state index contributed by atoms with van der Waals surface area (Å²) >= 11 is 0. The van der Waals surface area contributed by atoms with E-state index in [1.165, 1.54) is 0 Å². The number of benzene rings is 1. The molecule has 1 aromatic carbocycles. The molecule has 0 saturated heterocycles. The predicted octanol–water partition coefficient (Wildman–Crippen LogP) is 0.482. The minimum absolute atomic E-state index is 0.384. The molecule has 2 N–H and O–H groups in total. The number of rotatable bonds is 3. The molecular weight excluding hydrogens is 194 g/mol. The van der Waals surface area contributed by atoms with Gasteiger partial charge in [-0.3, -0.25) is 9.59 Å². The van der Waals surface area contributed by atoms with Crippen LogP contribution >= 0.6 is 0 Å². The Bertz CT molecular complexity index is 414. The van der Waals surface area contributed by atoms with Crippen molar-refractivity contribution in [1.82, 2.24) is 5.32 Å². The van der Waals surface area contributed by atoms with E-state index in [0.29, 0.717) is 11.1 Å². The quantitative estimate of drug-likeness (QED) is 0.702. The molecule has 76 valence electrons. The zero-order valence-electron chi connectivity index (χ0n) is 7.86. The maximum absolute atomic E-state index is 11.3. The van der Waals surface area contributed by atoms with Crippen molar-refractivity contribution >= 4 is 11.9 Å². The smallest absolute Gasteiger partial charge is 0.322 e. The number of carboxylic acids is 1. The van der Waals surface area contributed by atoms with E-state index >= 15 is 0 Å². The second-order valence-corrected chi connectivity index (χ2v) is 2.80. The van der Waals surface area contributed by atoms with Crippen molar-refractivity contribution in [2.24, 2.45) is 0 Å². The number of terminal acetylenes is 1. The molecule has 0 aliphatic rings. The summed E-state index contributed by atoms with van der Waals surface area (Å²) in [6.07, 6.45) is 5.15. The molecule has 1 amide bonds. The Morgan fingerprint density at radius 3 is 2.40 bits per heavy atom. The van der Waals surface area contributed by atoms with Gasteiger partial charge in [0.1, 0.15) is 6.54 Å². The largest absolute Gasteiger partial charge is 0.480 e. The van der Waals surface area contributed by atoms with Gasteiger partial charge in [-0.1, -0.05) is 5.92 Å². The summed E-state index contributed by atoms with van der Waals surface area (Å²) in [6.45, 7) is -0.393. The number of nitrogens with one attached hydrogen (secondary N) is 1. The van der Waals surface area contributed by atoms with E-state index in [-0.39, 0.29) is 0 Å². The second-order valence-electron chi connectivity index (χ2n) is 2.80. The van der Waals surface area contributed by atoms with Crippen LogP contribution in [-0.4, -0.2) is 23.5 Å². The highest BCUT2D eigenvalue weighted by Crippen LogP contribution is 2.02. The number of carbonyl (C=O) groups is 2. The number of hydrogen-bond acceptors (Lipinski definition) is 2. The summed E-state index contributed by atoms with van der Waals surface area (Å²) in [6, 6.07) is 6.34. The van der Waals surface area contributed by atoms with Crippen LogP contribution in [0.25, 0.3) is 0 Å². The Kier molecular flexibility index (Phi) is 3.47. The summed E-state index contributed by atoms with van der Waals surface area (Å²) in [4.78, 5) is 21.5. The lowest BCUT2D eigenvalue weighted by molar-refractivity contribution is -0.135. The van der Waals surface area contributed by atoms with Gasteiger partial charge >= 0.3 is 5.97 Å². The molecule has 0 heterocycles. The first-order chi connectivity index (χ1) is 7.13. The van der Waals surface area contributed by atoms with Gasteiger partial charge in [0, 0.05) is 11.1 Å². The van der Waals surface area contributed by atoms with E-state index in [0.717, 1.165) is 0 Å². The lowest BCUT2D eigenvalue weighted by Gasteiger charge is -2.01. The summed E-state index contributed by atoms with van der Waals surface area (Å²) < 4.78 is 0. The standard InChI is InChI=1S/C11H9NO3/c1-2-8-3-5-9(6-4-8)11(15)12-7-10(13)14/h1,3-6H,7H2,(H,12,15)(H,13,14). The molecule has 0 fully saturated rings. The van der Waals surface area contributed by atoms with Gasteiger partial charge in [0.2, 0.25) is 0 Å². The Labute approximate surface area is 86.9 Å². The summed E-state index contributed by atoms with van der Waals surface area (Å²) in [5.74, 6) is 0.908. The fourth-order valence-electron chi connectivity index (χ4n) is 0.976. The molecule has 4 heteroatoms. The normalized spacial score (nSPS) is 9.00. The van der Waals surface area contributed by atoms with Crippen LogP contribution in [0.4, 0.5) is 0 Å². The minimum atomic E-state index is -1.08. The van der Waals surface area contributed by atoms with Crippen LogP contribution < -0.4 is 5.32 Å². The van der Waals surface area contributed by atoms with E-state index < -0.39 is 18.4 Å². The fraction of sp³-hybridized carbons (Fsp3) is 0.0909.